The van der Waals surface area contributed by atoms with Crippen molar-refractivity contribution in [1.82, 2.24) is 5.32 Å². The van der Waals surface area contributed by atoms with Crippen LogP contribution in [0.3, 0.4) is 0 Å². The van der Waals surface area contributed by atoms with Crippen LogP contribution in [-0.4, -0.2) is 11.9 Å². The molecule has 0 aromatic heterocycles. The second-order valence-corrected chi connectivity index (χ2v) is 4.70. The summed E-state index contributed by atoms with van der Waals surface area (Å²) in [7, 11) is 0. The number of hydrogen-bond donors (Lipinski definition) is 1. The molecule has 1 aliphatic heterocycles. The summed E-state index contributed by atoms with van der Waals surface area (Å²) in [6.07, 6.45) is 4.20. The van der Waals surface area contributed by atoms with Crippen LogP contribution in [0.15, 0.2) is 0 Å². The molecule has 0 spiro atoms. The topological polar surface area (TPSA) is 29.1 Å². The van der Waals surface area contributed by atoms with Crippen LogP contribution in [0, 0.1) is 5.41 Å². The molecule has 0 radical (unpaired) electrons. The largest absolute Gasteiger partial charge is 0.354 e. The minimum absolute atomic E-state index is 0.199. The highest BCUT2D eigenvalue weighted by molar-refractivity contribution is 5.76. The quantitative estimate of drug-likeness (QED) is 0.591. The van der Waals surface area contributed by atoms with E-state index in [9.17, 15) is 4.79 Å². The normalized spacial score (nSPS) is 30.2. The van der Waals surface area contributed by atoms with E-state index in [-0.39, 0.29) is 11.3 Å². The Balaban J connectivity index is 2.54. The minimum Gasteiger partial charge on any atom is -0.354 e. The monoisotopic (exact) mass is 169 g/mol. The van der Waals surface area contributed by atoms with Crippen molar-refractivity contribution in [3.05, 3.63) is 0 Å². The van der Waals surface area contributed by atoms with Gasteiger partial charge in [0.15, 0.2) is 0 Å². The lowest BCUT2D eigenvalue weighted by Crippen LogP contribution is -2.37. The van der Waals surface area contributed by atoms with Gasteiger partial charge in [0.05, 0.1) is 0 Å². The molecule has 0 unspecified atom stereocenters. The van der Waals surface area contributed by atoms with E-state index < -0.39 is 0 Å². The number of nitrogens with one attached hydrogen (secondary N) is 1. The van der Waals surface area contributed by atoms with E-state index in [1.54, 1.807) is 0 Å². The molecule has 0 bridgehead atoms. The second kappa shape index (κ2) is 3.46. The first kappa shape index (κ1) is 9.56. The summed E-state index contributed by atoms with van der Waals surface area (Å²) in [6, 6.07) is 0.369. The van der Waals surface area contributed by atoms with Crippen LogP contribution in [-0.2, 0) is 4.79 Å². The number of hydrogen-bond acceptors (Lipinski definition) is 1. The molecule has 1 fully saturated rings. The van der Waals surface area contributed by atoms with Gasteiger partial charge in [-0.3, -0.25) is 4.79 Å². The van der Waals surface area contributed by atoms with Crippen molar-refractivity contribution < 1.29 is 4.79 Å². The third kappa shape index (κ3) is 2.84. The van der Waals surface area contributed by atoms with Crippen molar-refractivity contribution in [3.8, 4) is 0 Å². The van der Waals surface area contributed by atoms with Crippen LogP contribution < -0.4 is 5.32 Å². The Morgan fingerprint density at radius 2 is 2.17 bits per heavy atom. The smallest absolute Gasteiger partial charge is 0.220 e. The number of carbonyl (C=O) groups excluding carboxylic acids is 1. The lowest BCUT2D eigenvalue weighted by Gasteiger charge is -2.28. The fourth-order valence-electron chi connectivity index (χ4n) is 1.81. The average molecular weight is 169 g/mol. The van der Waals surface area contributed by atoms with Crippen LogP contribution in [0.4, 0.5) is 0 Å². The summed E-state index contributed by atoms with van der Waals surface area (Å²) >= 11 is 0. The molecule has 0 aromatic carbocycles. The van der Waals surface area contributed by atoms with Crippen LogP contribution in [0.2, 0.25) is 0 Å². The predicted molar refractivity (Wildman–Crippen MR) is 49.9 cm³/mol. The zero-order chi connectivity index (χ0) is 9.19. The van der Waals surface area contributed by atoms with Crippen LogP contribution in [0.25, 0.3) is 0 Å². The Morgan fingerprint density at radius 1 is 1.50 bits per heavy atom. The van der Waals surface area contributed by atoms with E-state index >= 15 is 0 Å². The Morgan fingerprint density at radius 3 is 2.83 bits per heavy atom. The van der Waals surface area contributed by atoms with E-state index in [1.165, 1.54) is 12.8 Å². The molecule has 1 saturated heterocycles. The minimum atomic E-state index is 0.199. The highest BCUT2D eigenvalue weighted by Crippen LogP contribution is 2.29. The molecule has 1 heterocycles. The first-order valence-corrected chi connectivity index (χ1v) is 4.79. The second-order valence-electron chi connectivity index (χ2n) is 4.70. The molecule has 2 heteroatoms. The Kier molecular flexibility index (Phi) is 2.76. The van der Waals surface area contributed by atoms with Gasteiger partial charge in [0.1, 0.15) is 0 Å². The van der Waals surface area contributed by atoms with Gasteiger partial charge in [-0.25, -0.2) is 0 Å². The van der Waals surface area contributed by atoms with Gasteiger partial charge in [-0.05, 0) is 25.2 Å². The number of rotatable bonds is 0. The van der Waals surface area contributed by atoms with Crippen molar-refractivity contribution in [2.45, 2.75) is 52.5 Å². The Bertz CT molecular complexity index is 175. The van der Waals surface area contributed by atoms with Crippen LogP contribution in [0.1, 0.15) is 46.5 Å². The van der Waals surface area contributed by atoms with Gasteiger partial charge in [0, 0.05) is 12.5 Å². The molecule has 1 rings (SSSR count). The summed E-state index contributed by atoms with van der Waals surface area (Å²) in [4.78, 5) is 11.4. The first-order chi connectivity index (χ1) is 5.49. The standard InChI is InChI=1S/C10H19NO/c1-8-5-4-6-10(2,3)7-9(12)11-8/h8H,4-7H2,1-3H3,(H,11,12)/t8-/m1/s1. The Labute approximate surface area is 74.7 Å². The van der Waals surface area contributed by atoms with Crippen molar-refractivity contribution in [1.29, 1.82) is 0 Å². The summed E-state index contributed by atoms with van der Waals surface area (Å²) in [5, 5.41) is 3.00. The molecule has 12 heavy (non-hydrogen) atoms. The van der Waals surface area contributed by atoms with Gasteiger partial charge in [0.25, 0.3) is 0 Å². The van der Waals surface area contributed by atoms with Crippen molar-refractivity contribution >= 4 is 5.91 Å². The molecular formula is C10H19NO. The van der Waals surface area contributed by atoms with Gasteiger partial charge >= 0.3 is 0 Å². The third-order valence-electron chi connectivity index (χ3n) is 2.54. The summed E-state index contributed by atoms with van der Waals surface area (Å²) in [6.45, 7) is 6.42. The third-order valence-corrected chi connectivity index (χ3v) is 2.54. The zero-order valence-electron chi connectivity index (χ0n) is 8.31. The molecule has 0 aromatic rings. The molecule has 1 N–H and O–H groups in total. The molecule has 2 nitrogen and oxygen atoms in total. The molecular weight excluding hydrogens is 150 g/mol. The van der Waals surface area contributed by atoms with E-state index in [1.807, 2.05) is 0 Å². The maximum absolute atomic E-state index is 11.4. The lowest BCUT2D eigenvalue weighted by atomic mass is 9.82. The molecule has 0 saturated carbocycles. The molecule has 1 atom stereocenters. The highest BCUT2D eigenvalue weighted by Gasteiger charge is 2.24. The van der Waals surface area contributed by atoms with Gasteiger partial charge in [-0.15, -0.1) is 0 Å². The first-order valence-electron chi connectivity index (χ1n) is 4.79. The molecule has 1 amide bonds. The van der Waals surface area contributed by atoms with Crippen molar-refractivity contribution in [3.63, 3.8) is 0 Å². The van der Waals surface area contributed by atoms with E-state index in [0.717, 1.165) is 6.42 Å². The maximum atomic E-state index is 11.4. The Hall–Kier alpha value is -0.530. The fourth-order valence-corrected chi connectivity index (χ4v) is 1.81. The number of carbonyl (C=O) groups is 1. The van der Waals surface area contributed by atoms with E-state index in [0.29, 0.717) is 12.5 Å². The summed E-state index contributed by atoms with van der Waals surface area (Å²) in [5.74, 6) is 0.215. The van der Waals surface area contributed by atoms with Gasteiger partial charge in [-0.1, -0.05) is 20.3 Å². The van der Waals surface area contributed by atoms with Crippen molar-refractivity contribution in [2.24, 2.45) is 5.41 Å². The SMILES string of the molecule is C[C@@H]1CCCC(C)(C)CC(=O)N1. The molecule has 70 valence electrons. The lowest BCUT2D eigenvalue weighted by molar-refractivity contribution is -0.124. The van der Waals surface area contributed by atoms with E-state index in [4.69, 9.17) is 0 Å². The molecule has 1 aliphatic rings. The van der Waals surface area contributed by atoms with Gasteiger partial charge < -0.3 is 5.32 Å². The zero-order valence-corrected chi connectivity index (χ0v) is 8.31. The van der Waals surface area contributed by atoms with Crippen LogP contribution in [0.5, 0.6) is 0 Å². The van der Waals surface area contributed by atoms with Gasteiger partial charge in [-0.2, -0.15) is 0 Å². The summed E-state index contributed by atoms with van der Waals surface area (Å²) < 4.78 is 0. The average Bonchev–Trinajstić information content (AvgIpc) is 1.81. The van der Waals surface area contributed by atoms with Crippen LogP contribution >= 0.6 is 0 Å². The fraction of sp³-hybridized carbons (Fsp3) is 0.900. The molecule has 0 aliphatic carbocycles. The highest BCUT2D eigenvalue weighted by atomic mass is 16.1. The maximum Gasteiger partial charge on any atom is 0.220 e. The van der Waals surface area contributed by atoms with Crippen molar-refractivity contribution in [2.75, 3.05) is 0 Å². The van der Waals surface area contributed by atoms with Gasteiger partial charge in [0.2, 0.25) is 5.91 Å². The predicted octanol–water partition coefficient (Wildman–Crippen LogP) is 2.09. The number of amides is 1. The van der Waals surface area contributed by atoms with E-state index in [2.05, 4.69) is 26.1 Å². The summed E-state index contributed by atoms with van der Waals surface area (Å²) in [5.41, 5.74) is 0.199.